The van der Waals surface area contributed by atoms with Gasteiger partial charge in [0.15, 0.2) is 5.76 Å². The van der Waals surface area contributed by atoms with Gasteiger partial charge in [0.1, 0.15) is 0 Å². The van der Waals surface area contributed by atoms with E-state index in [2.05, 4.69) is 0 Å². The average Bonchev–Trinajstić information content (AvgIpc) is 2.62. The molecule has 17 heavy (non-hydrogen) atoms. The monoisotopic (exact) mass is 241 g/mol. The van der Waals surface area contributed by atoms with Gasteiger partial charge in [-0.15, -0.1) is 0 Å². The van der Waals surface area contributed by atoms with Crippen molar-refractivity contribution in [1.29, 1.82) is 0 Å². The molecular weight excluding hydrogens is 226 g/mol. The third kappa shape index (κ3) is 3.60. The van der Waals surface area contributed by atoms with Crippen LogP contribution in [0, 0.1) is 0 Å². The van der Waals surface area contributed by atoms with Crippen LogP contribution in [0.3, 0.4) is 0 Å². The van der Waals surface area contributed by atoms with Crippen LogP contribution in [-0.2, 0) is 0 Å². The standard InChI is InChI=1S/C11H15NO5/c1-11(2,16)6-12(3)9(13)7-4-5-8(17-7)10(14)15/h4-5,16H,6H2,1-3H3,(H,14,15). The molecule has 0 atom stereocenters. The minimum absolute atomic E-state index is 0.0610. The summed E-state index contributed by atoms with van der Waals surface area (Å²) in [7, 11) is 1.50. The Bertz CT molecular complexity index is 429. The fourth-order valence-electron chi connectivity index (χ4n) is 1.41. The maximum Gasteiger partial charge on any atom is 0.371 e. The minimum Gasteiger partial charge on any atom is -0.475 e. The Kier molecular flexibility index (Phi) is 3.57. The number of carboxylic acid groups (broad SMARTS) is 1. The SMILES string of the molecule is CN(CC(C)(C)O)C(=O)c1ccc(C(=O)O)o1. The lowest BCUT2D eigenvalue weighted by Crippen LogP contribution is -2.39. The third-order valence-electron chi connectivity index (χ3n) is 2.00. The van der Waals surface area contributed by atoms with Gasteiger partial charge in [-0.25, -0.2) is 4.79 Å². The van der Waals surface area contributed by atoms with Crippen LogP contribution in [0.2, 0.25) is 0 Å². The number of rotatable bonds is 4. The van der Waals surface area contributed by atoms with Gasteiger partial charge >= 0.3 is 5.97 Å². The first kappa shape index (κ1) is 13.2. The fourth-order valence-corrected chi connectivity index (χ4v) is 1.41. The van der Waals surface area contributed by atoms with E-state index in [4.69, 9.17) is 9.52 Å². The quantitative estimate of drug-likeness (QED) is 0.814. The van der Waals surface area contributed by atoms with Gasteiger partial charge in [0.25, 0.3) is 5.91 Å². The molecule has 0 fully saturated rings. The highest BCUT2D eigenvalue weighted by molar-refractivity contribution is 5.93. The van der Waals surface area contributed by atoms with Crippen LogP contribution < -0.4 is 0 Å². The van der Waals surface area contributed by atoms with Crippen molar-refractivity contribution in [2.24, 2.45) is 0 Å². The topological polar surface area (TPSA) is 91.0 Å². The number of carboxylic acids is 1. The van der Waals surface area contributed by atoms with E-state index in [0.717, 1.165) is 0 Å². The van der Waals surface area contributed by atoms with Gasteiger partial charge in [0.2, 0.25) is 5.76 Å². The summed E-state index contributed by atoms with van der Waals surface area (Å²) in [6.07, 6.45) is 0. The number of amides is 1. The van der Waals surface area contributed by atoms with Gasteiger partial charge in [-0.2, -0.15) is 0 Å². The summed E-state index contributed by atoms with van der Waals surface area (Å²) in [5.74, 6) is -2.05. The van der Waals surface area contributed by atoms with Crippen molar-refractivity contribution in [3.63, 3.8) is 0 Å². The number of carbonyl (C=O) groups excluding carboxylic acids is 1. The Labute approximate surface area is 98.5 Å². The molecule has 0 aliphatic heterocycles. The summed E-state index contributed by atoms with van der Waals surface area (Å²) in [5.41, 5.74) is -1.02. The summed E-state index contributed by atoms with van der Waals surface area (Å²) < 4.78 is 4.87. The molecule has 0 saturated heterocycles. The highest BCUT2D eigenvalue weighted by Crippen LogP contribution is 2.12. The first-order chi connectivity index (χ1) is 7.70. The summed E-state index contributed by atoms with van der Waals surface area (Å²) in [5, 5.41) is 18.2. The van der Waals surface area contributed by atoms with E-state index in [1.54, 1.807) is 13.8 Å². The molecule has 1 amide bonds. The first-order valence-corrected chi connectivity index (χ1v) is 5.01. The highest BCUT2D eigenvalue weighted by atomic mass is 16.4. The van der Waals surface area contributed by atoms with Gasteiger partial charge in [0, 0.05) is 13.6 Å². The van der Waals surface area contributed by atoms with E-state index in [9.17, 15) is 14.7 Å². The van der Waals surface area contributed by atoms with Gasteiger partial charge in [0.05, 0.1) is 5.60 Å². The average molecular weight is 241 g/mol. The van der Waals surface area contributed by atoms with Crippen molar-refractivity contribution < 1.29 is 24.2 Å². The van der Waals surface area contributed by atoms with Crippen molar-refractivity contribution >= 4 is 11.9 Å². The number of aromatic carboxylic acids is 1. The van der Waals surface area contributed by atoms with Crippen molar-refractivity contribution in [3.05, 3.63) is 23.7 Å². The van der Waals surface area contributed by atoms with Crippen LogP contribution in [0.25, 0.3) is 0 Å². The molecule has 2 N–H and O–H groups in total. The van der Waals surface area contributed by atoms with Crippen molar-refractivity contribution in [1.82, 2.24) is 4.90 Å². The second-order valence-electron chi connectivity index (χ2n) is 4.44. The second-order valence-corrected chi connectivity index (χ2v) is 4.44. The molecule has 0 bridgehead atoms. The van der Waals surface area contributed by atoms with Crippen LogP contribution in [0.15, 0.2) is 16.5 Å². The molecule has 1 rings (SSSR count). The van der Waals surface area contributed by atoms with Crippen LogP contribution in [0.1, 0.15) is 35.0 Å². The largest absolute Gasteiger partial charge is 0.475 e. The Morgan fingerprint density at radius 2 is 1.88 bits per heavy atom. The van der Waals surface area contributed by atoms with Gasteiger partial charge in [-0.05, 0) is 26.0 Å². The van der Waals surface area contributed by atoms with E-state index in [1.807, 2.05) is 0 Å². The predicted octanol–water partition coefficient (Wildman–Crippen LogP) is 0.821. The molecule has 0 aliphatic rings. The molecule has 0 aliphatic carbocycles. The molecule has 0 radical (unpaired) electrons. The molecule has 0 unspecified atom stereocenters. The van der Waals surface area contributed by atoms with Gasteiger partial charge in [-0.1, -0.05) is 0 Å². The number of carbonyl (C=O) groups is 2. The minimum atomic E-state index is -1.23. The smallest absolute Gasteiger partial charge is 0.371 e. The molecule has 6 nitrogen and oxygen atoms in total. The predicted molar refractivity (Wildman–Crippen MR) is 58.9 cm³/mol. The lowest BCUT2D eigenvalue weighted by molar-refractivity contribution is 0.0349. The Morgan fingerprint density at radius 3 is 2.29 bits per heavy atom. The zero-order valence-corrected chi connectivity index (χ0v) is 9.93. The van der Waals surface area contributed by atoms with Crippen LogP contribution in [0.4, 0.5) is 0 Å². The van der Waals surface area contributed by atoms with Crippen LogP contribution in [0.5, 0.6) is 0 Å². The van der Waals surface area contributed by atoms with Gasteiger partial charge in [-0.3, -0.25) is 4.79 Å². The lowest BCUT2D eigenvalue weighted by atomic mass is 10.1. The van der Waals surface area contributed by atoms with Crippen molar-refractivity contribution in [2.75, 3.05) is 13.6 Å². The van der Waals surface area contributed by atoms with E-state index in [1.165, 1.54) is 24.1 Å². The zero-order valence-electron chi connectivity index (χ0n) is 9.93. The fraction of sp³-hybridized carbons (Fsp3) is 0.455. The third-order valence-corrected chi connectivity index (χ3v) is 2.00. The number of hydrogen-bond donors (Lipinski definition) is 2. The molecule has 1 aromatic rings. The normalized spacial score (nSPS) is 11.3. The molecule has 1 heterocycles. The lowest BCUT2D eigenvalue weighted by Gasteiger charge is -2.24. The summed E-state index contributed by atoms with van der Waals surface area (Å²) in [6.45, 7) is 3.26. The molecule has 0 spiro atoms. The first-order valence-electron chi connectivity index (χ1n) is 5.01. The maximum atomic E-state index is 11.8. The molecule has 6 heteroatoms. The molecule has 0 aromatic carbocycles. The van der Waals surface area contributed by atoms with Gasteiger partial charge < -0.3 is 19.5 Å². The molecule has 94 valence electrons. The number of aliphatic hydroxyl groups is 1. The number of nitrogens with zero attached hydrogens (tertiary/aromatic N) is 1. The summed E-state index contributed by atoms with van der Waals surface area (Å²) in [4.78, 5) is 23.6. The molecular formula is C11H15NO5. The van der Waals surface area contributed by atoms with Crippen molar-refractivity contribution in [3.8, 4) is 0 Å². The van der Waals surface area contributed by atoms with E-state index in [-0.39, 0.29) is 18.1 Å². The summed E-state index contributed by atoms with van der Waals surface area (Å²) >= 11 is 0. The number of hydrogen-bond acceptors (Lipinski definition) is 4. The number of likely N-dealkylation sites (N-methyl/N-ethyl adjacent to an activating group) is 1. The van der Waals surface area contributed by atoms with E-state index >= 15 is 0 Å². The summed E-state index contributed by atoms with van der Waals surface area (Å²) in [6, 6.07) is 2.51. The van der Waals surface area contributed by atoms with E-state index in [0.29, 0.717) is 0 Å². The Balaban J connectivity index is 2.78. The van der Waals surface area contributed by atoms with E-state index < -0.39 is 17.5 Å². The Morgan fingerprint density at radius 1 is 1.35 bits per heavy atom. The highest BCUT2D eigenvalue weighted by Gasteiger charge is 2.23. The molecule has 0 saturated carbocycles. The number of furan rings is 1. The Hall–Kier alpha value is -1.82. The van der Waals surface area contributed by atoms with Crippen molar-refractivity contribution in [2.45, 2.75) is 19.4 Å². The van der Waals surface area contributed by atoms with Crippen LogP contribution >= 0.6 is 0 Å². The van der Waals surface area contributed by atoms with Crippen LogP contribution in [-0.4, -0.2) is 46.2 Å². The zero-order chi connectivity index (χ0) is 13.2. The molecule has 1 aromatic heterocycles. The maximum absolute atomic E-state index is 11.8. The second kappa shape index (κ2) is 4.58.